The van der Waals surface area contributed by atoms with E-state index in [2.05, 4.69) is 20.3 Å². The van der Waals surface area contributed by atoms with Gasteiger partial charge in [-0.25, -0.2) is 4.79 Å². The average molecular weight is 291 g/mol. The van der Waals surface area contributed by atoms with Crippen molar-refractivity contribution in [1.82, 2.24) is 15.0 Å². The van der Waals surface area contributed by atoms with Gasteiger partial charge in [0.15, 0.2) is 0 Å². The number of hydrogen-bond acceptors (Lipinski definition) is 7. The molecule has 0 amide bonds. The summed E-state index contributed by atoms with van der Waals surface area (Å²) in [5.41, 5.74) is 0. The first-order valence-electron chi connectivity index (χ1n) is 5.50. The first-order chi connectivity index (χ1) is 9.06. The van der Waals surface area contributed by atoms with Crippen LogP contribution in [0.3, 0.4) is 0 Å². The van der Waals surface area contributed by atoms with Crippen molar-refractivity contribution in [2.24, 2.45) is 0 Å². The predicted octanol–water partition coefficient (Wildman–Crippen LogP) is 0.825. The summed E-state index contributed by atoms with van der Waals surface area (Å²) in [7, 11) is 2.93. The Morgan fingerprint density at radius 2 is 2.16 bits per heavy atom. The monoisotopic (exact) mass is 290 g/mol. The smallest absolute Gasteiger partial charge is 0.326 e. The van der Waals surface area contributed by atoms with Crippen LogP contribution in [-0.2, 0) is 9.53 Å². The zero-order chi connectivity index (χ0) is 14.3. The number of carboxylic acid groups (broad SMARTS) is 1. The molecule has 106 valence electrons. The minimum absolute atomic E-state index is 0.0172. The average Bonchev–Trinajstić information content (AvgIpc) is 2.37. The van der Waals surface area contributed by atoms with Gasteiger partial charge in [0.05, 0.1) is 7.11 Å². The molecule has 0 spiro atoms. The van der Waals surface area contributed by atoms with E-state index < -0.39 is 12.0 Å². The molecule has 19 heavy (non-hydrogen) atoms. The fourth-order valence-corrected chi connectivity index (χ4v) is 1.49. The van der Waals surface area contributed by atoms with Crippen molar-refractivity contribution < 1.29 is 19.4 Å². The van der Waals surface area contributed by atoms with Gasteiger partial charge in [0.2, 0.25) is 11.2 Å². The zero-order valence-corrected chi connectivity index (χ0v) is 11.3. The van der Waals surface area contributed by atoms with Crippen LogP contribution in [0.15, 0.2) is 0 Å². The summed E-state index contributed by atoms with van der Waals surface area (Å²) >= 11 is 5.67. The molecule has 0 aromatic carbocycles. The third kappa shape index (κ3) is 5.23. The molecule has 0 aliphatic rings. The Labute approximate surface area is 115 Å². The van der Waals surface area contributed by atoms with Crippen LogP contribution < -0.4 is 10.1 Å². The Morgan fingerprint density at radius 1 is 1.42 bits per heavy atom. The van der Waals surface area contributed by atoms with Gasteiger partial charge in [0.25, 0.3) is 0 Å². The molecule has 0 saturated heterocycles. The van der Waals surface area contributed by atoms with Crippen molar-refractivity contribution >= 4 is 23.5 Å². The lowest BCUT2D eigenvalue weighted by atomic mass is 10.1. The maximum atomic E-state index is 11.1. The second-order valence-electron chi connectivity index (χ2n) is 3.58. The number of methoxy groups -OCH3 is 2. The molecular formula is C10H15ClN4O4. The van der Waals surface area contributed by atoms with Gasteiger partial charge in [0.1, 0.15) is 6.04 Å². The molecule has 1 rings (SSSR count). The first kappa shape index (κ1) is 15.4. The normalized spacial score (nSPS) is 11.9. The van der Waals surface area contributed by atoms with Crippen molar-refractivity contribution in [3.63, 3.8) is 0 Å². The summed E-state index contributed by atoms with van der Waals surface area (Å²) in [6.45, 7) is 0.479. The molecule has 1 heterocycles. The zero-order valence-electron chi connectivity index (χ0n) is 10.6. The van der Waals surface area contributed by atoms with E-state index in [1.165, 1.54) is 7.11 Å². The summed E-state index contributed by atoms with van der Waals surface area (Å²) in [6, 6.07) is -0.818. The van der Waals surface area contributed by atoms with Crippen LogP contribution in [0.5, 0.6) is 6.01 Å². The standard InChI is InChI=1S/C10H15ClN4O4/c1-18-5-3-4-6(7(16)17)12-9-13-8(11)14-10(15-9)19-2/h6H,3-5H2,1-2H3,(H,16,17)(H,12,13,14,15). The molecule has 0 fully saturated rings. The number of halogens is 1. The maximum absolute atomic E-state index is 11.1. The molecular weight excluding hydrogens is 276 g/mol. The molecule has 2 N–H and O–H groups in total. The van der Waals surface area contributed by atoms with E-state index in [0.29, 0.717) is 19.4 Å². The molecule has 0 saturated carbocycles. The Morgan fingerprint density at radius 3 is 2.74 bits per heavy atom. The Balaban J connectivity index is 2.72. The highest BCUT2D eigenvalue weighted by Gasteiger charge is 2.18. The van der Waals surface area contributed by atoms with Crippen LogP contribution in [0.25, 0.3) is 0 Å². The number of carboxylic acids is 1. The Bertz CT molecular complexity index is 432. The molecule has 1 aromatic rings. The quantitative estimate of drug-likeness (QED) is 0.678. The van der Waals surface area contributed by atoms with Crippen LogP contribution in [-0.4, -0.2) is 52.9 Å². The van der Waals surface area contributed by atoms with Gasteiger partial charge in [0, 0.05) is 13.7 Å². The summed E-state index contributed by atoms with van der Waals surface area (Å²) < 4.78 is 9.70. The van der Waals surface area contributed by atoms with Gasteiger partial charge < -0.3 is 19.9 Å². The van der Waals surface area contributed by atoms with E-state index in [-0.39, 0.29) is 17.2 Å². The summed E-state index contributed by atoms with van der Waals surface area (Å²) in [5.74, 6) is -0.951. The number of rotatable bonds is 8. The van der Waals surface area contributed by atoms with Crippen LogP contribution in [0, 0.1) is 0 Å². The molecule has 1 unspecified atom stereocenters. The summed E-state index contributed by atoms with van der Waals surface area (Å²) in [6.07, 6.45) is 0.964. The lowest BCUT2D eigenvalue weighted by Crippen LogP contribution is -2.30. The number of nitrogens with zero attached hydrogens (tertiary/aromatic N) is 3. The van der Waals surface area contributed by atoms with Gasteiger partial charge in [-0.05, 0) is 24.4 Å². The third-order valence-electron chi connectivity index (χ3n) is 2.21. The van der Waals surface area contributed by atoms with Crippen molar-refractivity contribution in [1.29, 1.82) is 0 Å². The molecule has 0 bridgehead atoms. The number of hydrogen-bond donors (Lipinski definition) is 2. The van der Waals surface area contributed by atoms with E-state index >= 15 is 0 Å². The summed E-state index contributed by atoms with van der Waals surface area (Å²) in [5, 5.41) is 11.7. The minimum atomic E-state index is -1.01. The van der Waals surface area contributed by atoms with Gasteiger partial charge in [-0.3, -0.25) is 0 Å². The topological polar surface area (TPSA) is 106 Å². The fourth-order valence-electron chi connectivity index (χ4n) is 1.33. The van der Waals surface area contributed by atoms with Gasteiger partial charge >= 0.3 is 12.0 Å². The van der Waals surface area contributed by atoms with Gasteiger partial charge in [-0.1, -0.05) is 0 Å². The lowest BCUT2D eigenvalue weighted by Gasteiger charge is -2.14. The maximum Gasteiger partial charge on any atom is 0.326 e. The fraction of sp³-hybridized carbons (Fsp3) is 0.600. The van der Waals surface area contributed by atoms with E-state index in [1.54, 1.807) is 7.11 Å². The third-order valence-corrected chi connectivity index (χ3v) is 2.38. The second kappa shape index (κ2) is 7.70. The highest BCUT2D eigenvalue weighted by molar-refractivity contribution is 6.28. The van der Waals surface area contributed by atoms with Crippen molar-refractivity contribution in [3.8, 4) is 6.01 Å². The number of carbonyl (C=O) groups is 1. The van der Waals surface area contributed by atoms with E-state index in [9.17, 15) is 4.79 Å². The highest BCUT2D eigenvalue weighted by atomic mass is 35.5. The number of ether oxygens (including phenoxy) is 2. The van der Waals surface area contributed by atoms with E-state index in [1.807, 2.05) is 0 Å². The Hall–Kier alpha value is -1.67. The van der Waals surface area contributed by atoms with Crippen LogP contribution in [0.4, 0.5) is 5.95 Å². The highest BCUT2D eigenvalue weighted by Crippen LogP contribution is 2.13. The molecule has 9 heteroatoms. The molecule has 8 nitrogen and oxygen atoms in total. The largest absolute Gasteiger partial charge is 0.480 e. The molecule has 0 aliphatic carbocycles. The van der Waals surface area contributed by atoms with E-state index in [0.717, 1.165) is 0 Å². The SMILES string of the molecule is COCCCC(Nc1nc(Cl)nc(OC)n1)C(=O)O. The molecule has 1 aromatic heterocycles. The van der Waals surface area contributed by atoms with Crippen molar-refractivity contribution in [2.45, 2.75) is 18.9 Å². The number of anilines is 1. The van der Waals surface area contributed by atoms with Crippen molar-refractivity contribution in [2.75, 3.05) is 26.1 Å². The van der Waals surface area contributed by atoms with Crippen LogP contribution in [0.1, 0.15) is 12.8 Å². The first-order valence-corrected chi connectivity index (χ1v) is 5.88. The lowest BCUT2D eigenvalue weighted by molar-refractivity contribution is -0.138. The molecule has 0 aliphatic heterocycles. The van der Waals surface area contributed by atoms with Gasteiger partial charge in [-0.2, -0.15) is 15.0 Å². The van der Waals surface area contributed by atoms with Crippen LogP contribution >= 0.6 is 11.6 Å². The van der Waals surface area contributed by atoms with Crippen molar-refractivity contribution in [3.05, 3.63) is 5.28 Å². The van der Waals surface area contributed by atoms with Gasteiger partial charge in [-0.15, -0.1) is 0 Å². The molecule has 1 atom stereocenters. The Kier molecular flexibility index (Phi) is 6.23. The number of aliphatic carboxylic acids is 1. The predicted molar refractivity (Wildman–Crippen MR) is 67.5 cm³/mol. The number of aromatic nitrogens is 3. The number of nitrogens with one attached hydrogen (secondary N) is 1. The molecule has 0 radical (unpaired) electrons. The summed E-state index contributed by atoms with van der Waals surface area (Å²) in [4.78, 5) is 22.4. The van der Waals surface area contributed by atoms with E-state index in [4.69, 9.17) is 26.2 Å². The second-order valence-corrected chi connectivity index (χ2v) is 3.92. The minimum Gasteiger partial charge on any atom is -0.480 e. The van der Waals surface area contributed by atoms with Crippen LogP contribution in [0.2, 0.25) is 5.28 Å².